The van der Waals surface area contributed by atoms with Crippen LogP contribution in [0.1, 0.15) is 15.9 Å². The van der Waals surface area contributed by atoms with E-state index < -0.39 is 10.0 Å². The van der Waals surface area contributed by atoms with E-state index >= 15 is 0 Å². The van der Waals surface area contributed by atoms with E-state index in [9.17, 15) is 17.6 Å². The zero-order valence-electron chi connectivity index (χ0n) is 13.0. The average Bonchev–Trinajstić information content (AvgIpc) is 2.55. The molecule has 0 radical (unpaired) electrons. The van der Waals surface area contributed by atoms with Gasteiger partial charge in [0.1, 0.15) is 5.82 Å². The van der Waals surface area contributed by atoms with Crippen LogP contribution in [0.5, 0.6) is 0 Å². The number of halogens is 2. The molecule has 0 bridgehead atoms. The van der Waals surface area contributed by atoms with Crippen LogP contribution in [0, 0.1) is 5.82 Å². The summed E-state index contributed by atoms with van der Waals surface area (Å²) in [6.07, 6.45) is 2.92. The van der Waals surface area contributed by atoms with Crippen molar-refractivity contribution in [3.05, 3.63) is 70.0 Å². The first kappa shape index (κ1) is 18.5. The Morgan fingerprint density at radius 1 is 1.12 bits per heavy atom. The molecule has 0 aliphatic rings. The van der Waals surface area contributed by atoms with Crippen LogP contribution in [0.25, 0.3) is 6.08 Å². The minimum Gasteiger partial charge on any atom is -0.289 e. The van der Waals surface area contributed by atoms with E-state index in [2.05, 4.69) is 15.9 Å². The van der Waals surface area contributed by atoms with Crippen LogP contribution in [0.3, 0.4) is 0 Å². The molecule has 4 nitrogen and oxygen atoms in total. The van der Waals surface area contributed by atoms with Gasteiger partial charge in [-0.25, -0.2) is 17.1 Å². The van der Waals surface area contributed by atoms with Crippen molar-refractivity contribution in [1.82, 2.24) is 4.31 Å². The molecule has 2 aromatic carbocycles. The summed E-state index contributed by atoms with van der Waals surface area (Å²) in [6.45, 7) is 0. The highest BCUT2D eigenvalue weighted by molar-refractivity contribution is 9.10. The molecule has 0 aliphatic carbocycles. The van der Waals surface area contributed by atoms with E-state index in [0.29, 0.717) is 15.6 Å². The van der Waals surface area contributed by atoms with Crippen molar-refractivity contribution in [3.8, 4) is 0 Å². The second-order valence-corrected chi connectivity index (χ2v) is 8.19. The van der Waals surface area contributed by atoms with E-state index in [4.69, 9.17) is 0 Å². The molecule has 0 heterocycles. The number of hydrogen-bond acceptors (Lipinski definition) is 3. The maximum atomic E-state index is 13.2. The maximum absolute atomic E-state index is 13.2. The predicted octanol–water partition coefficient (Wildman–Crippen LogP) is 3.73. The van der Waals surface area contributed by atoms with Crippen LogP contribution >= 0.6 is 15.9 Å². The van der Waals surface area contributed by atoms with Gasteiger partial charge < -0.3 is 0 Å². The van der Waals surface area contributed by atoms with Crippen molar-refractivity contribution < 1.29 is 17.6 Å². The van der Waals surface area contributed by atoms with Crippen LogP contribution in [0.15, 0.2) is 57.9 Å². The van der Waals surface area contributed by atoms with E-state index in [1.165, 1.54) is 50.5 Å². The minimum absolute atomic E-state index is 0.121. The van der Waals surface area contributed by atoms with Gasteiger partial charge >= 0.3 is 0 Å². The van der Waals surface area contributed by atoms with Gasteiger partial charge in [-0.1, -0.05) is 12.1 Å². The molecule has 0 spiro atoms. The monoisotopic (exact) mass is 411 g/mol. The van der Waals surface area contributed by atoms with E-state index in [-0.39, 0.29) is 16.5 Å². The smallest absolute Gasteiger partial charge is 0.242 e. The van der Waals surface area contributed by atoms with Gasteiger partial charge in [0.2, 0.25) is 10.0 Å². The molecule has 2 aromatic rings. The quantitative estimate of drug-likeness (QED) is 0.556. The Morgan fingerprint density at radius 3 is 2.29 bits per heavy atom. The summed E-state index contributed by atoms with van der Waals surface area (Å²) < 4.78 is 38.5. The topological polar surface area (TPSA) is 54.5 Å². The fraction of sp³-hybridized carbons (Fsp3) is 0.118. The van der Waals surface area contributed by atoms with Gasteiger partial charge in [-0.2, -0.15) is 0 Å². The first-order chi connectivity index (χ1) is 11.2. The first-order valence-corrected chi connectivity index (χ1v) is 9.15. The lowest BCUT2D eigenvalue weighted by atomic mass is 10.1. The minimum atomic E-state index is -3.52. The van der Waals surface area contributed by atoms with Crippen molar-refractivity contribution in [2.24, 2.45) is 0 Å². The van der Waals surface area contributed by atoms with Gasteiger partial charge in [0.05, 0.1) is 9.37 Å². The molecular formula is C17H15BrFNO3S. The highest BCUT2D eigenvalue weighted by Crippen LogP contribution is 2.18. The summed E-state index contributed by atoms with van der Waals surface area (Å²) in [4.78, 5) is 12.3. The Bertz CT molecular complexity index is 891. The fourth-order valence-corrected chi connectivity index (χ4v) is 3.18. The molecule has 0 atom stereocenters. The van der Waals surface area contributed by atoms with Gasteiger partial charge in [-0.05, 0) is 64.0 Å². The van der Waals surface area contributed by atoms with Crippen molar-refractivity contribution in [1.29, 1.82) is 0 Å². The average molecular weight is 412 g/mol. The van der Waals surface area contributed by atoms with Crippen LogP contribution in [0.4, 0.5) is 4.39 Å². The number of carbonyl (C=O) groups excluding carboxylic acids is 1. The second kappa shape index (κ2) is 7.38. The van der Waals surface area contributed by atoms with E-state index in [1.807, 2.05) is 0 Å². The van der Waals surface area contributed by atoms with Crippen LogP contribution in [-0.4, -0.2) is 32.6 Å². The number of ketones is 1. The molecule has 24 heavy (non-hydrogen) atoms. The molecule has 0 saturated carbocycles. The molecule has 0 aliphatic heterocycles. The summed E-state index contributed by atoms with van der Waals surface area (Å²) >= 11 is 3.08. The molecule has 126 valence electrons. The predicted molar refractivity (Wildman–Crippen MR) is 94.8 cm³/mol. The van der Waals surface area contributed by atoms with E-state index in [0.717, 1.165) is 4.31 Å². The third-order valence-corrected chi connectivity index (χ3v) is 5.73. The SMILES string of the molecule is CN(C)S(=O)(=O)c1ccc(C(=O)/C=C/c2ccc(F)c(Br)c2)cc1. The molecule has 0 N–H and O–H groups in total. The zero-order chi connectivity index (χ0) is 17.9. The van der Waals surface area contributed by atoms with Gasteiger partial charge in [0, 0.05) is 19.7 Å². The Morgan fingerprint density at radius 2 is 1.75 bits per heavy atom. The van der Waals surface area contributed by atoms with Gasteiger partial charge in [0.15, 0.2) is 5.78 Å². The summed E-state index contributed by atoms with van der Waals surface area (Å²) in [5, 5.41) is 0. The summed E-state index contributed by atoms with van der Waals surface area (Å²) in [5.74, 6) is -0.652. The molecule has 0 amide bonds. The van der Waals surface area contributed by atoms with Gasteiger partial charge in [0.25, 0.3) is 0 Å². The molecule has 7 heteroatoms. The summed E-state index contributed by atoms with van der Waals surface area (Å²) in [7, 11) is -0.635. The molecule has 0 saturated heterocycles. The standard InChI is InChI=1S/C17H15BrFNO3S/c1-20(2)24(22,23)14-7-5-13(6-8-14)17(21)10-4-12-3-9-16(19)15(18)11-12/h3-11H,1-2H3/b10-4+. The van der Waals surface area contributed by atoms with Crippen molar-refractivity contribution >= 4 is 37.8 Å². The number of rotatable bonds is 5. The number of carbonyl (C=O) groups is 1. The van der Waals surface area contributed by atoms with Crippen molar-refractivity contribution in [3.63, 3.8) is 0 Å². The zero-order valence-corrected chi connectivity index (χ0v) is 15.4. The molecule has 2 rings (SSSR count). The normalized spacial score (nSPS) is 12.0. The number of allylic oxidation sites excluding steroid dienone is 1. The lowest BCUT2D eigenvalue weighted by Crippen LogP contribution is -2.22. The van der Waals surface area contributed by atoms with Crippen LogP contribution in [0.2, 0.25) is 0 Å². The lowest BCUT2D eigenvalue weighted by Gasteiger charge is -2.11. The third kappa shape index (κ3) is 4.17. The number of benzene rings is 2. The largest absolute Gasteiger partial charge is 0.289 e. The highest BCUT2D eigenvalue weighted by atomic mass is 79.9. The maximum Gasteiger partial charge on any atom is 0.242 e. The Balaban J connectivity index is 2.18. The van der Waals surface area contributed by atoms with E-state index in [1.54, 1.807) is 18.2 Å². The third-order valence-electron chi connectivity index (χ3n) is 3.29. The number of hydrogen-bond donors (Lipinski definition) is 0. The molecule has 0 aromatic heterocycles. The number of nitrogens with zero attached hydrogens (tertiary/aromatic N) is 1. The van der Waals surface area contributed by atoms with Crippen molar-refractivity contribution in [2.75, 3.05) is 14.1 Å². The first-order valence-electron chi connectivity index (χ1n) is 6.92. The Kier molecular flexibility index (Phi) is 5.69. The molecule has 0 fully saturated rings. The Hall–Kier alpha value is -1.83. The Labute approximate surface area is 148 Å². The fourth-order valence-electron chi connectivity index (χ4n) is 1.89. The van der Waals surface area contributed by atoms with Crippen LogP contribution < -0.4 is 0 Å². The highest BCUT2D eigenvalue weighted by Gasteiger charge is 2.17. The van der Waals surface area contributed by atoms with Gasteiger partial charge in [-0.3, -0.25) is 4.79 Å². The summed E-state index contributed by atoms with van der Waals surface area (Å²) in [5.41, 5.74) is 1.04. The number of sulfonamides is 1. The second-order valence-electron chi connectivity index (χ2n) is 5.18. The lowest BCUT2D eigenvalue weighted by molar-refractivity contribution is 0.104. The summed E-state index contributed by atoms with van der Waals surface area (Å²) in [6, 6.07) is 10.1. The van der Waals surface area contributed by atoms with Gasteiger partial charge in [-0.15, -0.1) is 0 Å². The van der Waals surface area contributed by atoms with Crippen LogP contribution in [-0.2, 0) is 10.0 Å². The molecule has 0 unspecified atom stereocenters. The molecular weight excluding hydrogens is 397 g/mol. The van der Waals surface area contributed by atoms with Crippen molar-refractivity contribution in [2.45, 2.75) is 4.90 Å².